The molecule has 84 valence electrons. The van der Waals surface area contributed by atoms with Gasteiger partial charge in [-0.3, -0.25) is 0 Å². The lowest BCUT2D eigenvalue weighted by molar-refractivity contribution is 0.614. The van der Waals surface area contributed by atoms with Crippen LogP contribution in [0.1, 0.15) is 30.3 Å². The lowest BCUT2D eigenvalue weighted by atomic mass is 10.2. The molecule has 0 spiro atoms. The normalized spacial score (nSPS) is 20.8. The maximum absolute atomic E-state index is 6.18. The summed E-state index contributed by atoms with van der Waals surface area (Å²) in [6.07, 6.45) is 2.37. The highest BCUT2D eigenvalue weighted by Crippen LogP contribution is 2.27. The van der Waals surface area contributed by atoms with Gasteiger partial charge in [0, 0.05) is 0 Å². The minimum atomic E-state index is 0.365. The molecule has 0 saturated carbocycles. The first kappa shape index (κ1) is 10.1. The number of nitrogens with zero attached hydrogens (tertiary/aromatic N) is 1. The average molecular weight is 236 g/mol. The number of H-pyrrole nitrogens is 1. The zero-order valence-corrected chi connectivity index (χ0v) is 9.93. The number of rotatable bonds is 1. The van der Waals surface area contributed by atoms with Gasteiger partial charge in [0.25, 0.3) is 0 Å². The SMILES string of the molecule is Cc1cc(Cl)c2nc(C3CCCN3)[nH]c2c1. The van der Waals surface area contributed by atoms with Gasteiger partial charge in [0.15, 0.2) is 0 Å². The number of aromatic nitrogens is 2. The van der Waals surface area contributed by atoms with Crippen molar-refractivity contribution >= 4 is 22.6 Å². The van der Waals surface area contributed by atoms with Gasteiger partial charge in [-0.25, -0.2) is 4.98 Å². The fraction of sp³-hybridized carbons (Fsp3) is 0.417. The zero-order chi connectivity index (χ0) is 11.1. The molecule has 1 aliphatic heterocycles. The van der Waals surface area contributed by atoms with Gasteiger partial charge in [0.2, 0.25) is 0 Å². The van der Waals surface area contributed by atoms with Gasteiger partial charge in [-0.1, -0.05) is 11.6 Å². The molecule has 1 aliphatic rings. The molecule has 1 atom stereocenters. The average Bonchev–Trinajstić information content (AvgIpc) is 2.82. The van der Waals surface area contributed by atoms with Crippen LogP contribution in [0.3, 0.4) is 0 Å². The summed E-state index contributed by atoms with van der Waals surface area (Å²) >= 11 is 6.18. The molecule has 0 radical (unpaired) electrons. The quantitative estimate of drug-likeness (QED) is 0.798. The van der Waals surface area contributed by atoms with Crippen molar-refractivity contribution in [2.75, 3.05) is 6.54 Å². The van der Waals surface area contributed by atoms with Crippen LogP contribution >= 0.6 is 11.6 Å². The van der Waals surface area contributed by atoms with Crippen LogP contribution in [0.25, 0.3) is 11.0 Å². The van der Waals surface area contributed by atoms with Crippen LogP contribution in [0.5, 0.6) is 0 Å². The number of aromatic amines is 1. The smallest absolute Gasteiger partial charge is 0.124 e. The Balaban J connectivity index is 2.11. The first-order chi connectivity index (χ1) is 7.74. The molecule has 1 unspecified atom stereocenters. The molecule has 1 saturated heterocycles. The summed E-state index contributed by atoms with van der Waals surface area (Å²) in [5.41, 5.74) is 3.08. The maximum atomic E-state index is 6.18. The van der Waals surface area contributed by atoms with Crippen LogP contribution in [-0.2, 0) is 0 Å². The number of benzene rings is 1. The van der Waals surface area contributed by atoms with Gasteiger partial charge in [0.1, 0.15) is 11.3 Å². The minimum Gasteiger partial charge on any atom is -0.341 e. The molecule has 2 N–H and O–H groups in total. The van der Waals surface area contributed by atoms with E-state index in [9.17, 15) is 0 Å². The number of aryl methyl sites for hydroxylation is 1. The molecule has 1 fully saturated rings. The van der Waals surface area contributed by atoms with E-state index >= 15 is 0 Å². The second-order valence-electron chi connectivity index (χ2n) is 4.41. The minimum absolute atomic E-state index is 0.365. The fourth-order valence-corrected chi connectivity index (χ4v) is 2.63. The summed E-state index contributed by atoms with van der Waals surface area (Å²) in [5, 5.41) is 4.16. The van der Waals surface area contributed by atoms with Crippen LogP contribution in [0.15, 0.2) is 12.1 Å². The number of hydrogen-bond acceptors (Lipinski definition) is 2. The maximum Gasteiger partial charge on any atom is 0.124 e. The Labute approximate surface area is 99.2 Å². The monoisotopic (exact) mass is 235 g/mol. The molecular weight excluding hydrogens is 222 g/mol. The van der Waals surface area contributed by atoms with E-state index in [1.165, 1.54) is 6.42 Å². The van der Waals surface area contributed by atoms with E-state index in [4.69, 9.17) is 11.6 Å². The van der Waals surface area contributed by atoms with Gasteiger partial charge < -0.3 is 10.3 Å². The predicted molar refractivity (Wildman–Crippen MR) is 65.8 cm³/mol. The fourth-order valence-electron chi connectivity index (χ4n) is 2.31. The molecule has 2 aromatic rings. The molecule has 0 aliphatic carbocycles. The van der Waals surface area contributed by atoms with Gasteiger partial charge in [-0.2, -0.15) is 0 Å². The standard InChI is InChI=1S/C12H14ClN3/c1-7-5-8(13)11-10(6-7)15-12(16-11)9-3-2-4-14-9/h5-6,9,14H,2-4H2,1H3,(H,15,16). The molecule has 3 nitrogen and oxygen atoms in total. The largest absolute Gasteiger partial charge is 0.341 e. The molecule has 0 bridgehead atoms. The number of nitrogens with one attached hydrogen (secondary N) is 2. The molecule has 1 aromatic heterocycles. The third kappa shape index (κ3) is 1.60. The highest BCUT2D eigenvalue weighted by Gasteiger charge is 2.20. The molecular formula is C12H14ClN3. The summed E-state index contributed by atoms with van der Waals surface area (Å²) in [4.78, 5) is 7.95. The Kier molecular flexibility index (Phi) is 2.37. The highest BCUT2D eigenvalue weighted by molar-refractivity contribution is 6.35. The van der Waals surface area contributed by atoms with Crippen LogP contribution in [-0.4, -0.2) is 16.5 Å². The topological polar surface area (TPSA) is 40.7 Å². The van der Waals surface area contributed by atoms with Gasteiger partial charge in [0.05, 0.1) is 16.6 Å². The van der Waals surface area contributed by atoms with Crippen LogP contribution in [0.2, 0.25) is 5.02 Å². The third-order valence-corrected chi connectivity index (χ3v) is 3.38. The summed E-state index contributed by atoms with van der Waals surface area (Å²) in [5.74, 6) is 1.01. The Morgan fingerprint density at radius 3 is 3.06 bits per heavy atom. The Morgan fingerprint density at radius 2 is 2.31 bits per heavy atom. The van der Waals surface area contributed by atoms with Crippen molar-refractivity contribution in [1.29, 1.82) is 0 Å². The van der Waals surface area contributed by atoms with Crippen LogP contribution < -0.4 is 5.32 Å². The summed E-state index contributed by atoms with van der Waals surface area (Å²) in [6.45, 7) is 3.12. The summed E-state index contributed by atoms with van der Waals surface area (Å²) in [7, 11) is 0. The van der Waals surface area contributed by atoms with Gasteiger partial charge in [-0.15, -0.1) is 0 Å². The van der Waals surface area contributed by atoms with Crippen LogP contribution in [0, 0.1) is 6.92 Å². The molecule has 0 amide bonds. The molecule has 16 heavy (non-hydrogen) atoms. The zero-order valence-electron chi connectivity index (χ0n) is 9.18. The van der Waals surface area contributed by atoms with E-state index in [2.05, 4.69) is 21.4 Å². The second kappa shape index (κ2) is 3.75. The van der Waals surface area contributed by atoms with Crippen molar-refractivity contribution in [2.45, 2.75) is 25.8 Å². The number of hydrogen-bond donors (Lipinski definition) is 2. The first-order valence-corrected chi connectivity index (χ1v) is 6.01. The number of fused-ring (bicyclic) bond motifs is 1. The summed E-state index contributed by atoms with van der Waals surface area (Å²) < 4.78 is 0. The first-order valence-electron chi connectivity index (χ1n) is 5.63. The molecule has 4 heteroatoms. The van der Waals surface area contributed by atoms with E-state index < -0.39 is 0 Å². The predicted octanol–water partition coefficient (Wildman–Crippen LogP) is 2.95. The molecule has 2 heterocycles. The van der Waals surface area contributed by atoms with Crippen LogP contribution in [0.4, 0.5) is 0 Å². The lowest BCUT2D eigenvalue weighted by Gasteiger charge is -2.04. The van der Waals surface area contributed by atoms with Crippen molar-refractivity contribution in [3.63, 3.8) is 0 Å². The van der Waals surface area contributed by atoms with Crippen molar-refractivity contribution < 1.29 is 0 Å². The van der Waals surface area contributed by atoms with E-state index in [1.54, 1.807) is 0 Å². The Hall–Kier alpha value is -1.06. The lowest BCUT2D eigenvalue weighted by Crippen LogP contribution is -2.13. The van der Waals surface area contributed by atoms with Gasteiger partial charge >= 0.3 is 0 Å². The van der Waals surface area contributed by atoms with E-state index in [0.717, 1.165) is 40.4 Å². The van der Waals surface area contributed by atoms with Gasteiger partial charge in [-0.05, 0) is 44.0 Å². The van der Waals surface area contributed by atoms with E-state index in [1.807, 2.05) is 13.0 Å². The van der Waals surface area contributed by atoms with Crippen molar-refractivity contribution in [1.82, 2.24) is 15.3 Å². The molecule has 3 rings (SSSR count). The third-order valence-electron chi connectivity index (χ3n) is 3.09. The highest BCUT2D eigenvalue weighted by atomic mass is 35.5. The number of imidazole rings is 1. The Morgan fingerprint density at radius 1 is 1.44 bits per heavy atom. The van der Waals surface area contributed by atoms with E-state index in [-0.39, 0.29) is 0 Å². The van der Waals surface area contributed by atoms with Crippen molar-refractivity contribution in [2.24, 2.45) is 0 Å². The molecule has 1 aromatic carbocycles. The number of halogens is 1. The van der Waals surface area contributed by atoms with Crippen molar-refractivity contribution in [3.8, 4) is 0 Å². The Bertz CT molecular complexity index is 526. The van der Waals surface area contributed by atoms with Crippen molar-refractivity contribution in [3.05, 3.63) is 28.5 Å². The second-order valence-corrected chi connectivity index (χ2v) is 4.82. The summed E-state index contributed by atoms with van der Waals surface area (Å²) in [6, 6.07) is 4.41. The van der Waals surface area contributed by atoms with E-state index in [0.29, 0.717) is 6.04 Å².